The Morgan fingerprint density at radius 2 is 1.07 bits per heavy atom. The monoisotopic (exact) mass is 470 g/mol. The van der Waals surface area contributed by atoms with Crippen LogP contribution in [0, 0.1) is 0 Å². The lowest BCUT2D eigenvalue weighted by atomic mass is 10.2. The average Bonchev–Trinajstić information content (AvgIpc) is 2.65. The lowest BCUT2D eigenvalue weighted by Crippen LogP contribution is -2.85. The largest absolute Gasteiger partial charge is 0.776 e. The van der Waals surface area contributed by atoms with Gasteiger partial charge in [0.2, 0.25) is 3.82 Å². The van der Waals surface area contributed by atoms with Gasteiger partial charge in [0.25, 0.3) is 0 Å². The molecule has 0 bridgehead atoms. The summed E-state index contributed by atoms with van der Waals surface area (Å²) in [5.41, 5.74) is 0. The fourth-order valence-corrected chi connectivity index (χ4v) is 5.56. The standard InChI is InChI=1S/C5H12Cl2O6P2.2C5H11N/c1-3-12-14(8,9)5(6,7)15(10,11)13-4-2;2*1-2-4-6-5-3-1/h3-4H2,1-2H3,(H,8,9)(H,10,11);2*6H,1-5H2. The minimum absolute atomic E-state index is 0.270. The van der Waals surface area contributed by atoms with Gasteiger partial charge in [-0.25, -0.2) is 0 Å². The number of alkyl halides is 2. The molecule has 8 nitrogen and oxygen atoms in total. The maximum atomic E-state index is 11.3. The van der Waals surface area contributed by atoms with Crippen LogP contribution in [0.2, 0.25) is 0 Å². The maximum absolute atomic E-state index is 11.3. The predicted octanol–water partition coefficient (Wildman–Crippen LogP) is 0.723. The SMILES string of the molecule is C1CC[NH2+]CC1.C1CC[NH2+]CC1.CCOP(=O)([O-])C(Cl)(Cl)P(=O)([O-])OCC. The molecule has 0 aliphatic carbocycles. The van der Waals surface area contributed by atoms with Crippen LogP contribution in [0.1, 0.15) is 52.4 Å². The number of quaternary nitrogens is 2. The fraction of sp³-hybridized carbons (Fsp3) is 1.00. The van der Waals surface area contributed by atoms with Crippen LogP contribution in [0.4, 0.5) is 0 Å². The summed E-state index contributed by atoms with van der Waals surface area (Å²) in [6.07, 6.45) is 8.72. The highest BCUT2D eigenvalue weighted by Gasteiger charge is 2.48. The Morgan fingerprint density at radius 3 is 1.22 bits per heavy atom. The first-order valence-corrected chi connectivity index (χ1v) is 13.4. The topological polar surface area (TPSA) is 132 Å². The minimum Gasteiger partial charge on any atom is -0.776 e. The van der Waals surface area contributed by atoms with Crippen LogP contribution < -0.4 is 20.4 Å². The molecule has 0 aromatic carbocycles. The molecule has 164 valence electrons. The summed E-state index contributed by atoms with van der Waals surface area (Å²) in [6.45, 7) is 7.66. The van der Waals surface area contributed by atoms with Crippen molar-refractivity contribution in [2.24, 2.45) is 0 Å². The molecule has 2 aliphatic heterocycles. The first-order valence-electron chi connectivity index (χ1n) is 9.55. The van der Waals surface area contributed by atoms with Crippen LogP contribution in [-0.4, -0.2) is 43.2 Å². The lowest BCUT2D eigenvalue weighted by Gasteiger charge is -2.41. The van der Waals surface area contributed by atoms with E-state index in [9.17, 15) is 18.9 Å². The molecule has 4 N–H and O–H groups in total. The molecule has 27 heavy (non-hydrogen) atoms. The van der Waals surface area contributed by atoms with E-state index in [1.807, 2.05) is 0 Å². The third kappa shape index (κ3) is 10.9. The van der Waals surface area contributed by atoms with Gasteiger partial charge in [-0.2, -0.15) is 0 Å². The number of halogens is 2. The highest BCUT2D eigenvalue weighted by Crippen LogP contribution is 2.74. The zero-order valence-corrected chi connectivity index (χ0v) is 19.5. The second-order valence-corrected chi connectivity index (χ2v) is 12.8. The van der Waals surface area contributed by atoms with Gasteiger partial charge in [0.1, 0.15) is 0 Å². The van der Waals surface area contributed by atoms with Gasteiger partial charge < -0.3 is 38.6 Å². The van der Waals surface area contributed by atoms with Gasteiger partial charge in [-0.3, -0.25) is 0 Å². The smallest absolute Gasteiger partial charge is 0.243 e. The Hall–Kier alpha value is 0.800. The van der Waals surface area contributed by atoms with E-state index in [-0.39, 0.29) is 13.2 Å². The Kier molecular flexibility index (Phi) is 15.2. The van der Waals surface area contributed by atoms with Crippen LogP contribution in [0.3, 0.4) is 0 Å². The molecule has 0 aromatic rings. The fourth-order valence-electron chi connectivity index (χ4n) is 2.44. The van der Waals surface area contributed by atoms with Gasteiger partial charge in [-0.1, -0.05) is 23.2 Å². The third-order valence-corrected chi connectivity index (χ3v) is 10.4. The molecule has 0 aromatic heterocycles. The van der Waals surface area contributed by atoms with Crippen molar-refractivity contribution in [3.63, 3.8) is 0 Å². The van der Waals surface area contributed by atoms with Crippen molar-refractivity contribution in [2.45, 2.75) is 56.2 Å². The quantitative estimate of drug-likeness (QED) is 0.434. The van der Waals surface area contributed by atoms with Crippen LogP contribution >= 0.6 is 38.4 Å². The molecule has 2 aliphatic rings. The zero-order valence-electron chi connectivity index (χ0n) is 16.2. The summed E-state index contributed by atoms with van der Waals surface area (Å²) in [7, 11) is -9.93. The zero-order chi connectivity index (χ0) is 20.8. The van der Waals surface area contributed by atoms with E-state index >= 15 is 0 Å². The van der Waals surface area contributed by atoms with E-state index in [1.165, 1.54) is 78.6 Å². The van der Waals surface area contributed by atoms with Gasteiger partial charge in [0, 0.05) is 0 Å². The molecular formula is C15H34Cl2N2O6P2. The number of piperidine rings is 2. The molecule has 0 saturated carbocycles. The summed E-state index contributed by atoms with van der Waals surface area (Å²) in [4.78, 5) is 22.5. The van der Waals surface area contributed by atoms with Crippen molar-refractivity contribution in [2.75, 3.05) is 39.4 Å². The summed E-state index contributed by atoms with van der Waals surface area (Å²) >= 11 is 10.5. The number of rotatable bonds is 6. The van der Waals surface area contributed by atoms with Crippen molar-refractivity contribution in [1.29, 1.82) is 0 Å². The second kappa shape index (κ2) is 14.7. The normalized spacial score (nSPS) is 22.1. The average molecular weight is 471 g/mol. The summed E-state index contributed by atoms with van der Waals surface area (Å²) in [5, 5.41) is 4.78. The van der Waals surface area contributed by atoms with Crippen molar-refractivity contribution >= 4 is 38.4 Å². The van der Waals surface area contributed by atoms with Crippen LogP contribution in [0.5, 0.6) is 0 Å². The van der Waals surface area contributed by atoms with Crippen LogP contribution in [-0.2, 0) is 18.2 Å². The molecule has 0 spiro atoms. The van der Waals surface area contributed by atoms with E-state index in [1.54, 1.807) is 0 Å². The molecule has 0 amide bonds. The van der Waals surface area contributed by atoms with E-state index < -0.39 is 19.0 Å². The van der Waals surface area contributed by atoms with E-state index in [0.29, 0.717) is 0 Å². The molecular weight excluding hydrogens is 437 g/mol. The van der Waals surface area contributed by atoms with E-state index in [0.717, 1.165) is 0 Å². The van der Waals surface area contributed by atoms with Crippen molar-refractivity contribution < 1.29 is 38.6 Å². The Morgan fingerprint density at radius 1 is 0.778 bits per heavy atom. The Bertz CT molecular complexity index is 414. The maximum Gasteiger partial charge on any atom is 0.243 e. The van der Waals surface area contributed by atoms with Gasteiger partial charge in [-0.15, -0.1) is 0 Å². The van der Waals surface area contributed by atoms with Gasteiger partial charge in [0.05, 0.1) is 39.4 Å². The highest BCUT2D eigenvalue weighted by molar-refractivity contribution is 7.78. The van der Waals surface area contributed by atoms with E-state index in [4.69, 9.17) is 23.2 Å². The first kappa shape index (κ1) is 27.8. The molecule has 2 rings (SSSR count). The van der Waals surface area contributed by atoms with Crippen LogP contribution in [0.15, 0.2) is 0 Å². The molecule has 2 fully saturated rings. The molecule has 2 unspecified atom stereocenters. The highest BCUT2D eigenvalue weighted by atomic mass is 35.5. The number of hydrogen-bond donors (Lipinski definition) is 2. The predicted molar refractivity (Wildman–Crippen MR) is 104 cm³/mol. The molecule has 12 heteroatoms. The molecule has 2 saturated heterocycles. The van der Waals surface area contributed by atoms with Gasteiger partial charge in [-0.05, 0) is 52.4 Å². The molecule has 2 heterocycles. The van der Waals surface area contributed by atoms with Gasteiger partial charge in [0.15, 0.2) is 15.2 Å². The number of hydrogen-bond acceptors (Lipinski definition) is 6. The minimum atomic E-state index is -4.97. The summed E-state index contributed by atoms with van der Waals surface area (Å²) in [5.74, 6) is 0. The van der Waals surface area contributed by atoms with Crippen molar-refractivity contribution in [3.05, 3.63) is 0 Å². The lowest BCUT2D eigenvalue weighted by molar-refractivity contribution is -0.662. The van der Waals surface area contributed by atoms with E-state index in [2.05, 4.69) is 19.7 Å². The van der Waals surface area contributed by atoms with Crippen LogP contribution in [0.25, 0.3) is 0 Å². The first-order chi connectivity index (χ1) is 12.6. The van der Waals surface area contributed by atoms with Crippen molar-refractivity contribution in [3.8, 4) is 0 Å². The molecule has 2 atom stereocenters. The summed E-state index contributed by atoms with van der Waals surface area (Å²) < 4.78 is 27.8. The van der Waals surface area contributed by atoms with Crippen molar-refractivity contribution in [1.82, 2.24) is 0 Å². The Labute approximate surface area is 172 Å². The third-order valence-electron chi connectivity index (χ3n) is 3.89. The number of nitrogens with two attached hydrogens (primary N) is 2. The molecule has 0 radical (unpaired) electrons. The Balaban J connectivity index is 0.000000452. The summed E-state index contributed by atoms with van der Waals surface area (Å²) in [6, 6.07) is 0. The second-order valence-electron chi connectivity index (χ2n) is 6.19. The van der Waals surface area contributed by atoms with Gasteiger partial charge >= 0.3 is 0 Å².